The van der Waals surface area contributed by atoms with E-state index in [4.69, 9.17) is 9.97 Å². The molecule has 13 nitrogen and oxygen atoms in total. The highest BCUT2D eigenvalue weighted by Crippen LogP contribution is 2.47. The second kappa shape index (κ2) is 10.1. The van der Waals surface area contributed by atoms with Crippen molar-refractivity contribution in [1.29, 1.82) is 0 Å². The van der Waals surface area contributed by atoms with Gasteiger partial charge in [-0.15, -0.1) is 0 Å². The molecule has 224 valence electrons. The van der Waals surface area contributed by atoms with Gasteiger partial charge in [0, 0.05) is 55.2 Å². The first kappa shape index (κ1) is 26.7. The molecule has 0 spiro atoms. The van der Waals surface area contributed by atoms with Crippen molar-refractivity contribution in [3.8, 4) is 0 Å². The lowest BCUT2D eigenvalue weighted by molar-refractivity contribution is -0.124. The molecule has 0 aromatic carbocycles. The van der Waals surface area contributed by atoms with Crippen LogP contribution in [0.3, 0.4) is 0 Å². The van der Waals surface area contributed by atoms with Crippen molar-refractivity contribution < 1.29 is 14.4 Å². The van der Waals surface area contributed by atoms with Gasteiger partial charge in [-0.2, -0.15) is 0 Å². The third kappa shape index (κ3) is 5.01. The molecule has 1 saturated heterocycles. The SMILES string of the molecule is Cc1ccnc([C@H]2C[C@@H]2C(=O)Nc2cc(NCc3cn4cc(C5CC5)cc(N5CC(=O)N(C)C5=O)c4n3)nc(C3CC3)n2)n1. The lowest BCUT2D eigenvalue weighted by Gasteiger charge is -2.17. The number of aromatic nitrogens is 6. The summed E-state index contributed by atoms with van der Waals surface area (Å²) in [7, 11) is 1.50. The van der Waals surface area contributed by atoms with Crippen molar-refractivity contribution in [2.24, 2.45) is 5.92 Å². The van der Waals surface area contributed by atoms with Crippen LogP contribution >= 0.6 is 0 Å². The van der Waals surface area contributed by atoms with E-state index in [0.717, 1.165) is 47.5 Å². The van der Waals surface area contributed by atoms with Crippen molar-refractivity contribution in [2.75, 3.05) is 29.1 Å². The lowest BCUT2D eigenvalue weighted by atomic mass is 10.1. The number of imide groups is 1. The summed E-state index contributed by atoms with van der Waals surface area (Å²) in [5, 5.41) is 6.36. The van der Waals surface area contributed by atoms with E-state index >= 15 is 0 Å². The second-order valence-corrected chi connectivity index (χ2v) is 12.3. The van der Waals surface area contributed by atoms with Crippen molar-refractivity contribution in [1.82, 2.24) is 34.2 Å². The number of rotatable bonds is 9. The number of urea groups is 1. The van der Waals surface area contributed by atoms with Crippen LogP contribution < -0.4 is 15.5 Å². The number of pyridine rings is 1. The lowest BCUT2D eigenvalue weighted by Crippen LogP contribution is -2.30. The van der Waals surface area contributed by atoms with Gasteiger partial charge in [-0.05, 0) is 62.6 Å². The molecule has 44 heavy (non-hydrogen) atoms. The summed E-state index contributed by atoms with van der Waals surface area (Å²) in [6.45, 7) is 2.29. The van der Waals surface area contributed by atoms with Crippen molar-refractivity contribution in [3.63, 3.8) is 0 Å². The van der Waals surface area contributed by atoms with Gasteiger partial charge in [0.25, 0.3) is 0 Å². The van der Waals surface area contributed by atoms with E-state index in [0.29, 0.717) is 59.4 Å². The molecule has 0 bridgehead atoms. The molecule has 2 atom stereocenters. The second-order valence-electron chi connectivity index (χ2n) is 12.3. The Morgan fingerprint density at radius 2 is 1.77 bits per heavy atom. The maximum absolute atomic E-state index is 13.1. The fourth-order valence-electron chi connectivity index (χ4n) is 5.82. The highest BCUT2D eigenvalue weighted by molar-refractivity contribution is 6.13. The van der Waals surface area contributed by atoms with Crippen LogP contribution in [-0.4, -0.2) is 65.7 Å². The Labute approximate surface area is 253 Å². The third-order valence-electron chi connectivity index (χ3n) is 8.79. The van der Waals surface area contributed by atoms with E-state index in [2.05, 4.69) is 31.8 Å². The highest BCUT2D eigenvalue weighted by atomic mass is 16.2. The molecule has 4 amide bonds. The smallest absolute Gasteiger partial charge is 0.331 e. The van der Waals surface area contributed by atoms with Gasteiger partial charge in [0.05, 0.1) is 17.9 Å². The first-order valence-electron chi connectivity index (χ1n) is 15.1. The van der Waals surface area contributed by atoms with Crippen LogP contribution in [-0.2, 0) is 16.1 Å². The number of nitrogens with one attached hydrogen (secondary N) is 2. The standard InChI is InChI=1S/C31H32N10O3/c1-16-7-8-32-28(34-16)21-10-22(21)30(43)38-25-11-24(36-27(37-25)18-5-6-18)33-12-20-14-40-13-19(17-3-4-17)9-23(29(40)35-20)41-15-26(42)39(2)31(41)44/h7-9,11,13-14,17-18,21-22H,3-6,10,12,15H2,1-2H3,(H2,33,36,37,38,43)/t21-,22-/m0/s1. The van der Waals surface area contributed by atoms with E-state index in [-0.39, 0.29) is 36.2 Å². The molecule has 0 unspecified atom stereocenters. The fraction of sp³-hybridized carbons (Fsp3) is 0.419. The largest absolute Gasteiger partial charge is 0.364 e. The van der Waals surface area contributed by atoms with Crippen LogP contribution in [0.4, 0.5) is 22.1 Å². The molecule has 5 heterocycles. The van der Waals surface area contributed by atoms with E-state index < -0.39 is 0 Å². The number of nitrogens with zero attached hydrogens (tertiary/aromatic N) is 8. The number of anilines is 3. The summed E-state index contributed by atoms with van der Waals surface area (Å²) in [4.78, 5) is 64.0. The summed E-state index contributed by atoms with van der Waals surface area (Å²) in [6.07, 6.45) is 10.7. The Bertz CT molecular complexity index is 1850. The van der Waals surface area contributed by atoms with E-state index in [1.807, 2.05) is 29.7 Å². The Hall–Kier alpha value is -4.94. The number of carbonyl (C=O) groups is 3. The van der Waals surface area contributed by atoms with Gasteiger partial charge in [-0.25, -0.2) is 29.7 Å². The first-order chi connectivity index (χ1) is 21.3. The minimum Gasteiger partial charge on any atom is -0.364 e. The molecule has 4 aromatic heterocycles. The molecule has 4 aliphatic rings. The van der Waals surface area contributed by atoms with Gasteiger partial charge in [0.2, 0.25) is 11.8 Å². The van der Waals surface area contributed by atoms with Crippen molar-refractivity contribution in [3.05, 3.63) is 65.4 Å². The molecular weight excluding hydrogens is 560 g/mol. The van der Waals surface area contributed by atoms with Crippen LogP contribution in [0.5, 0.6) is 0 Å². The van der Waals surface area contributed by atoms with Gasteiger partial charge in [0.15, 0.2) is 5.65 Å². The van der Waals surface area contributed by atoms with E-state index in [1.165, 1.54) is 11.9 Å². The van der Waals surface area contributed by atoms with Gasteiger partial charge in [-0.3, -0.25) is 19.4 Å². The zero-order valence-electron chi connectivity index (χ0n) is 24.5. The highest BCUT2D eigenvalue weighted by Gasteiger charge is 2.46. The maximum Gasteiger partial charge on any atom is 0.331 e. The summed E-state index contributed by atoms with van der Waals surface area (Å²) < 4.78 is 1.95. The maximum atomic E-state index is 13.1. The van der Waals surface area contributed by atoms with Crippen LogP contribution in [0, 0.1) is 12.8 Å². The molecule has 3 aliphatic carbocycles. The molecule has 0 radical (unpaired) electrons. The quantitative estimate of drug-likeness (QED) is 0.277. The number of likely N-dealkylation sites (N-methyl/N-ethyl adjacent to an activating group) is 1. The third-order valence-corrected chi connectivity index (χ3v) is 8.79. The predicted molar refractivity (Wildman–Crippen MR) is 160 cm³/mol. The minimum atomic E-state index is -0.348. The molecule has 1 aliphatic heterocycles. The number of amides is 4. The van der Waals surface area contributed by atoms with Gasteiger partial charge in [0.1, 0.15) is 29.8 Å². The number of hydrogen-bond donors (Lipinski definition) is 2. The summed E-state index contributed by atoms with van der Waals surface area (Å²) in [6, 6.07) is 5.25. The molecular formula is C31H32N10O3. The Morgan fingerprint density at radius 3 is 2.50 bits per heavy atom. The first-order valence-corrected chi connectivity index (χ1v) is 15.1. The molecule has 8 rings (SSSR count). The van der Waals surface area contributed by atoms with Crippen molar-refractivity contribution in [2.45, 2.75) is 63.3 Å². The summed E-state index contributed by atoms with van der Waals surface area (Å²) >= 11 is 0. The topological polar surface area (TPSA) is 151 Å². The zero-order valence-corrected chi connectivity index (χ0v) is 24.5. The van der Waals surface area contributed by atoms with Gasteiger partial charge < -0.3 is 15.0 Å². The minimum absolute atomic E-state index is 0.00144. The number of carbonyl (C=O) groups excluding carboxylic acids is 3. The summed E-state index contributed by atoms with van der Waals surface area (Å²) in [5.41, 5.74) is 4.03. The predicted octanol–water partition coefficient (Wildman–Crippen LogP) is 3.73. The molecule has 2 N–H and O–H groups in total. The average molecular weight is 593 g/mol. The normalized spacial score (nSPS) is 21.3. The molecule has 3 saturated carbocycles. The molecule has 13 heteroatoms. The van der Waals surface area contributed by atoms with E-state index in [9.17, 15) is 14.4 Å². The van der Waals surface area contributed by atoms with Gasteiger partial charge >= 0.3 is 6.03 Å². The summed E-state index contributed by atoms with van der Waals surface area (Å²) in [5.74, 6) is 2.75. The Morgan fingerprint density at radius 1 is 0.977 bits per heavy atom. The van der Waals surface area contributed by atoms with Crippen molar-refractivity contribution >= 4 is 40.8 Å². The van der Waals surface area contributed by atoms with Crippen LogP contribution in [0.1, 0.15) is 78.5 Å². The van der Waals surface area contributed by atoms with E-state index in [1.54, 1.807) is 12.3 Å². The molecule has 4 aromatic rings. The Kier molecular flexibility index (Phi) is 6.10. The van der Waals surface area contributed by atoms with Crippen LogP contribution in [0.15, 0.2) is 36.8 Å². The van der Waals surface area contributed by atoms with Crippen LogP contribution in [0.2, 0.25) is 0 Å². The van der Waals surface area contributed by atoms with Crippen LogP contribution in [0.25, 0.3) is 5.65 Å². The Balaban J connectivity index is 1.02. The number of aryl methyl sites for hydroxylation is 1. The zero-order chi connectivity index (χ0) is 30.1. The average Bonchev–Trinajstić information content (AvgIpc) is 3.89. The molecule has 4 fully saturated rings. The number of imidazole rings is 1. The monoisotopic (exact) mass is 592 g/mol. The number of fused-ring (bicyclic) bond motifs is 1. The van der Waals surface area contributed by atoms with Gasteiger partial charge in [-0.1, -0.05) is 0 Å². The number of hydrogen-bond acceptors (Lipinski definition) is 9. The fourth-order valence-corrected chi connectivity index (χ4v) is 5.82.